The van der Waals surface area contributed by atoms with Crippen molar-refractivity contribution in [3.05, 3.63) is 18.3 Å². The van der Waals surface area contributed by atoms with E-state index in [9.17, 15) is 12.9 Å². The predicted molar refractivity (Wildman–Crippen MR) is 22.8 cm³/mol. The summed E-state index contributed by atoms with van der Waals surface area (Å²) in [6.07, 6.45) is 0. The van der Waals surface area contributed by atoms with Gasteiger partial charge in [-0.15, -0.1) is 5.98 Å². The molecule has 5 heteroatoms. The van der Waals surface area contributed by atoms with Crippen LogP contribution in [0, 0.1) is 0 Å². The first kappa shape index (κ1) is 11.8. The predicted octanol–water partition coefficient (Wildman–Crippen LogP) is -1.28. The van der Waals surface area contributed by atoms with Gasteiger partial charge in [0.25, 0.3) is 0 Å². The maximum atomic E-state index is 11.0. The Morgan fingerprint density at radius 3 is 1.75 bits per heavy atom. The fraction of sp³-hybridized carbons (Fsp3) is 0. The fourth-order valence-electron chi connectivity index (χ4n) is 0.134. The molecule has 0 saturated heterocycles. The number of rotatable bonds is 1. The Labute approximate surface area is 88.3 Å². The molecule has 0 saturated carbocycles. The standard InChI is InChI=1S/C3H3BF3.K/c1-2-3-4(5,6)7;/h3H,1H2;/q-1;+1. The summed E-state index contributed by atoms with van der Waals surface area (Å²) in [5, 5.41) is 0. The Morgan fingerprint density at radius 1 is 1.38 bits per heavy atom. The van der Waals surface area contributed by atoms with Crippen molar-refractivity contribution in [2.75, 3.05) is 0 Å². The minimum Gasteiger partial charge on any atom is -0.445 e. The molecule has 0 nitrogen and oxygen atoms in total. The van der Waals surface area contributed by atoms with Gasteiger partial charge in [-0.05, 0) is 0 Å². The van der Waals surface area contributed by atoms with Gasteiger partial charge < -0.3 is 12.9 Å². The first-order valence-corrected chi connectivity index (χ1v) is 1.63. The average Bonchev–Trinajstić information content (AvgIpc) is 1.30. The van der Waals surface area contributed by atoms with E-state index in [0.29, 0.717) is 0 Å². The normalized spacial score (nSPS) is 8.88. The quantitative estimate of drug-likeness (QED) is 0.319. The summed E-state index contributed by atoms with van der Waals surface area (Å²) < 4.78 is 32.9. The van der Waals surface area contributed by atoms with E-state index in [-0.39, 0.29) is 57.4 Å². The smallest absolute Gasteiger partial charge is 0.445 e. The molecule has 40 valence electrons. The van der Waals surface area contributed by atoms with E-state index in [0.717, 1.165) is 0 Å². The van der Waals surface area contributed by atoms with Gasteiger partial charge in [0.05, 0.1) is 0 Å². The monoisotopic (exact) mass is 146 g/mol. The zero-order valence-corrected chi connectivity index (χ0v) is 7.62. The Morgan fingerprint density at radius 2 is 1.75 bits per heavy atom. The average molecular weight is 146 g/mol. The Balaban J connectivity index is 0. The van der Waals surface area contributed by atoms with Crippen LogP contribution in [0.25, 0.3) is 0 Å². The molecule has 0 bridgehead atoms. The van der Waals surface area contributed by atoms with E-state index in [1.807, 2.05) is 0 Å². The van der Waals surface area contributed by atoms with Gasteiger partial charge in [0, 0.05) is 0 Å². The van der Waals surface area contributed by atoms with Crippen LogP contribution in [0.3, 0.4) is 0 Å². The molecule has 0 fully saturated rings. The summed E-state index contributed by atoms with van der Waals surface area (Å²) in [6, 6.07) is 0. The largest absolute Gasteiger partial charge is 1.00 e. The molecular weight excluding hydrogens is 143 g/mol. The van der Waals surface area contributed by atoms with Crippen LogP contribution in [0.5, 0.6) is 0 Å². The first-order valence-electron chi connectivity index (χ1n) is 1.63. The molecule has 0 aliphatic heterocycles. The van der Waals surface area contributed by atoms with Crippen LogP contribution >= 0.6 is 0 Å². The maximum Gasteiger partial charge on any atom is 1.00 e. The van der Waals surface area contributed by atoms with Gasteiger partial charge in [0.15, 0.2) is 0 Å². The van der Waals surface area contributed by atoms with E-state index in [1.54, 1.807) is 5.73 Å². The molecule has 0 heterocycles. The van der Waals surface area contributed by atoms with Crippen LogP contribution < -0.4 is 51.4 Å². The van der Waals surface area contributed by atoms with Crippen LogP contribution in [0.15, 0.2) is 18.3 Å². The minimum atomic E-state index is -4.79. The second-order valence-electron chi connectivity index (χ2n) is 0.996. The van der Waals surface area contributed by atoms with E-state index in [4.69, 9.17) is 0 Å². The summed E-state index contributed by atoms with van der Waals surface area (Å²) in [7, 11) is 0. The molecule has 0 aromatic rings. The molecule has 0 rings (SSSR count). The van der Waals surface area contributed by atoms with Crippen molar-refractivity contribution >= 4 is 6.98 Å². The summed E-state index contributed by atoms with van der Waals surface area (Å²) in [4.78, 5) is 0. The van der Waals surface area contributed by atoms with Crippen LogP contribution in [0.2, 0.25) is 0 Å². The van der Waals surface area contributed by atoms with Crippen LogP contribution in [0.1, 0.15) is 0 Å². The van der Waals surface area contributed by atoms with Crippen molar-refractivity contribution in [2.24, 2.45) is 0 Å². The van der Waals surface area contributed by atoms with Gasteiger partial charge in [-0.3, -0.25) is 0 Å². The maximum absolute atomic E-state index is 11.0. The third-order valence-corrected chi connectivity index (χ3v) is 0.307. The molecule has 0 spiro atoms. The molecule has 0 aromatic heterocycles. The fourth-order valence-corrected chi connectivity index (χ4v) is 0.134. The summed E-state index contributed by atoms with van der Waals surface area (Å²) >= 11 is 0. The third kappa shape index (κ3) is 10.1. The minimum absolute atomic E-state index is 0. The zero-order valence-electron chi connectivity index (χ0n) is 4.50. The molecule has 0 atom stereocenters. The second-order valence-corrected chi connectivity index (χ2v) is 0.996. The molecule has 8 heavy (non-hydrogen) atoms. The SMILES string of the molecule is C=C=C[B-](F)(F)F.[K+]. The summed E-state index contributed by atoms with van der Waals surface area (Å²) in [5.74, 6) is 0.0139. The molecule has 0 N–H and O–H groups in total. The third-order valence-electron chi connectivity index (χ3n) is 0.307. The van der Waals surface area contributed by atoms with Crippen LogP contribution in [-0.4, -0.2) is 6.98 Å². The molecule has 0 aliphatic carbocycles. The number of halogens is 3. The summed E-state index contributed by atoms with van der Waals surface area (Å²) in [5.41, 5.74) is 1.64. The number of hydrogen-bond acceptors (Lipinski definition) is 0. The van der Waals surface area contributed by atoms with Crippen molar-refractivity contribution in [3.63, 3.8) is 0 Å². The number of hydrogen-bond donors (Lipinski definition) is 0. The van der Waals surface area contributed by atoms with E-state index >= 15 is 0 Å². The zero-order chi connectivity index (χ0) is 5.91. The first-order chi connectivity index (χ1) is 3.06. The van der Waals surface area contributed by atoms with Gasteiger partial charge in [-0.25, -0.2) is 0 Å². The molecule has 0 radical (unpaired) electrons. The Kier molecular flexibility index (Phi) is 7.13. The van der Waals surface area contributed by atoms with Gasteiger partial charge in [-0.2, -0.15) is 5.73 Å². The second kappa shape index (κ2) is 4.85. The van der Waals surface area contributed by atoms with Gasteiger partial charge in [-0.1, -0.05) is 6.58 Å². The molecular formula is C3H3BF3K. The van der Waals surface area contributed by atoms with Crippen LogP contribution in [0.4, 0.5) is 12.9 Å². The topological polar surface area (TPSA) is 0 Å². The molecule has 0 unspecified atom stereocenters. The van der Waals surface area contributed by atoms with Crippen molar-refractivity contribution in [1.29, 1.82) is 0 Å². The van der Waals surface area contributed by atoms with Crippen molar-refractivity contribution in [1.82, 2.24) is 0 Å². The van der Waals surface area contributed by atoms with Gasteiger partial charge in [0.2, 0.25) is 0 Å². The van der Waals surface area contributed by atoms with Gasteiger partial charge in [0.1, 0.15) is 0 Å². The van der Waals surface area contributed by atoms with E-state index < -0.39 is 6.98 Å². The molecule has 0 amide bonds. The van der Waals surface area contributed by atoms with Gasteiger partial charge >= 0.3 is 58.4 Å². The van der Waals surface area contributed by atoms with Crippen molar-refractivity contribution in [3.8, 4) is 0 Å². The van der Waals surface area contributed by atoms with E-state index in [1.165, 1.54) is 0 Å². The van der Waals surface area contributed by atoms with Crippen molar-refractivity contribution < 1.29 is 64.3 Å². The Bertz CT molecular complexity index is 102. The van der Waals surface area contributed by atoms with Crippen molar-refractivity contribution in [2.45, 2.75) is 0 Å². The van der Waals surface area contributed by atoms with E-state index in [2.05, 4.69) is 6.58 Å². The molecule has 0 aliphatic rings. The Hall–Kier alpha value is 1.01. The van der Waals surface area contributed by atoms with Crippen LogP contribution in [-0.2, 0) is 0 Å². The molecule has 0 aromatic carbocycles. The summed E-state index contributed by atoms with van der Waals surface area (Å²) in [6.45, 7) is -2.03.